The van der Waals surface area contributed by atoms with E-state index in [4.69, 9.17) is 10.5 Å². The Bertz CT molecular complexity index is 445. The molecule has 2 saturated carbocycles. The second-order valence-electron chi connectivity index (χ2n) is 5.45. The summed E-state index contributed by atoms with van der Waals surface area (Å²) in [5, 5.41) is 0. The maximum Gasteiger partial charge on any atom is 0.323 e. The van der Waals surface area contributed by atoms with Gasteiger partial charge in [-0.2, -0.15) is 15.0 Å². The van der Waals surface area contributed by atoms with Crippen LogP contribution >= 0.6 is 0 Å². The van der Waals surface area contributed by atoms with Crippen LogP contribution in [0.15, 0.2) is 0 Å². The van der Waals surface area contributed by atoms with Crippen molar-refractivity contribution in [1.29, 1.82) is 0 Å². The van der Waals surface area contributed by atoms with Crippen molar-refractivity contribution < 1.29 is 4.74 Å². The minimum absolute atomic E-state index is 0.248. The fourth-order valence-electron chi connectivity index (χ4n) is 2.11. The maximum atomic E-state index is 5.77. The lowest BCUT2D eigenvalue weighted by Crippen LogP contribution is -2.30. The van der Waals surface area contributed by atoms with Crippen molar-refractivity contribution in [2.75, 3.05) is 23.8 Å². The number of hydrogen-bond donors (Lipinski definition) is 1. The molecule has 3 rings (SSSR count). The molecule has 0 aliphatic heterocycles. The number of nitrogens with zero attached hydrogens (tertiary/aromatic N) is 4. The van der Waals surface area contributed by atoms with Gasteiger partial charge in [0.1, 0.15) is 0 Å². The number of anilines is 2. The van der Waals surface area contributed by atoms with E-state index in [-0.39, 0.29) is 5.95 Å². The molecule has 2 fully saturated rings. The molecule has 0 unspecified atom stereocenters. The lowest BCUT2D eigenvalue weighted by Gasteiger charge is -2.22. The van der Waals surface area contributed by atoms with Gasteiger partial charge >= 0.3 is 6.01 Å². The smallest absolute Gasteiger partial charge is 0.323 e. The van der Waals surface area contributed by atoms with Gasteiger partial charge in [0, 0.05) is 12.6 Å². The minimum Gasteiger partial charge on any atom is -0.463 e. The molecule has 6 nitrogen and oxygen atoms in total. The Morgan fingerprint density at radius 1 is 1.21 bits per heavy atom. The lowest BCUT2D eigenvalue weighted by molar-refractivity contribution is 0.292. The quantitative estimate of drug-likeness (QED) is 0.805. The third-order valence-electron chi connectivity index (χ3n) is 3.45. The summed E-state index contributed by atoms with van der Waals surface area (Å²) in [5.41, 5.74) is 5.77. The summed E-state index contributed by atoms with van der Waals surface area (Å²) in [6.07, 6.45) is 6.02. The zero-order valence-corrected chi connectivity index (χ0v) is 11.4. The lowest BCUT2D eigenvalue weighted by atomic mass is 10.3. The van der Waals surface area contributed by atoms with Gasteiger partial charge in [-0.25, -0.2) is 0 Å². The molecule has 1 aromatic heterocycles. The van der Waals surface area contributed by atoms with Crippen LogP contribution in [-0.2, 0) is 0 Å². The Kier molecular flexibility index (Phi) is 3.40. The Morgan fingerprint density at radius 2 is 2.00 bits per heavy atom. The van der Waals surface area contributed by atoms with Crippen LogP contribution in [0.2, 0.25) is 0 Å². The van der Waals surface area contributed by atoms with E-state index in [9.17, 15) is 0 Å². The molecule has 0 radical (unpaired) electrons. The van der Waals surface area contributed by atoms with Crippen molar-refractivity contribution in [3.05, 3.63) is 0 Å². The molecular formula is C13H21N5O. The average Bonchev–Trinajstić information content (AvgIpc) is 3.26. The van der Waals surface area contributed by atoms with Crippen LogP contribution in [0, 0.1) is 5.92 Å². The monoisotopic (exact) mass is 263 g/mol. The second kappa shape index (κ2) is 5.19. The number of ether oxygens (including phenoxy) is 1. The van der Waals surface area contributed by atoms with Crippen molar-refractivity contribution in [2.45, 2.75) is 45.1 Å². The summed E-state index contributed by atoms with van der Waals surface area (Å²) < 4.78 is 5.48. The fourth-order valence-corrected chi connectivity index (χ4v) is 2.11. The van der Waals surface area contributed by atoms with Crippen molar-refractivity contribution >= 4 is 11.9 Å². The third-order valence-corrected chi connectivity index (χ3v) is 3.45. The van der Waals surface area contributed by atoms with Gasteiger partial charge in [-0.3, -0.25) is 0 Å². The van der Waals surface area contributed by atoms with Gasteiger partial charge in [-0.1, -0.05) is 6.92 Å². The molecule has 1 heterocycles. The van der Waals surface area contributed by atoms with Crippen LogP contribution in [0.5, 0.6) is 6.01 Å². The zero-order valence-electron chi connectivity index (χ0n) is 11.4. The topological polar surface area (TPSA) is 77.2 Å². The molecule has 104 valence electrons. The highest BCUT2D eigenvalue weighted by molar-refractivity contribution is 5.39. The van der Waals surface area contributed by atoms with E-state index in [0.717, 1.165) is 18.9 Å². The van der Waals surface area contributed by atoms with Crippen LogP contribution in [0.25, 0.3) is 0 Å². The molecule has 1 aromatic rings. The predicted molar refractivity (Wildman–Crippen MR) is 73.1 cm³/mol. The molecule has 19 heavy (non-hydrogen) atoms. The molecule has 0 saturated heterocycles. The second-order valence-corrected chi connectivity index (χ2v) is 5.45. The number of nitrogen functional groups attached to an aromatic ring is 1. The van der Waals surface area contributed by atoms with Crippen molar-refractivity contribution in [1.82, 2.24) is 15.0 Å². The van der Waals surface area contributed by atoms with E-state index in [0.29, 0.717) is 24.6 Å². The first-order valence-corrected chi connectivity index (χ1v) is 7.17. The molecule has 2 N–H and O–H groups in total. The van der Waals surface area contributed by atoms with Crippen molar-refractivity contribution in [2.24, 2.45) is 5.92 Å². The van der Waals surface area contributed by atoms with Gasteiger partial charge < -0.3 is 15.4 Å². The van der Waals surface area contributed by atoms with Crippen LogP contribution in [0.4, 0.5) is 11.9 Å². The standard InChI is InChI=1S/C13H21N5O/c1-2-7-19-13-16-11(14)15-12(17-13)18(10-5-6-10)8-9-3-4-9/h9-10H,2-8H2,1H3,(H2,14,15,16,17). The fraction of sp³-hybridized carbons (Fsp3) is 0.769. The van der Waals surface area contributed by atoms with Gasteiger partial charge in [-0.05, 0) is 38.0 Å². The summed E-state index contributed by atoms with van der Waals surface area (Å²) in [7, 11) is 0. The van der Waals surface area contributed by atoms with Crippen LogP contribution in [0.3, 0.4) is 0 Å². The summed E-state index contributed by atoms with van der Waals surface area (Å²) in [5.74, 6) is 1.74. The highest BCUT2D eigenvalue weighted by atomic mass is 16.5. The van der Waals surface area contributed by atoms with E-state index >= 15 is 0 Å². The Morgan fingerprint density at radius 3 is 2.63 bits per heavy atom. The number of rotatable bonds is 7. The Balaban J connectivity index is 1.77. The molecule has 2 aliphatic rings. The highest BCUT2D eigenvalue weighted by Gasteiger charge is 2.35. The first-order valence-electron chi connectivity index (χ1n) is 7.17. The van der Waals surface area contributed by atoms with E-state index < -0.39 is 0 Å². The maximum absolute atomic E-state index is 5.77. The molecule has 0 atom stereocenters. The van der Waals surface area contributed by atoms with Gasteiger partial charge in [0.05, 0.1) is 6.61 Å². The number of nitrogens with two attached hydrogens (primary N) is 1. The summed E-state index contributed by atoms with van der Waals surface area (Å²) in [4.78, 5) is 15.0. The first kappa shape index (κ1) is 12.4. The summed E-state index contributed by atoms with van der Waals surface area (Å²) >= 11 is 0. The van der Waals surface area contributed by atoms with Crippen LogP contribution in [0.1, 0.15) is 39.0 Å². The normalized spacial score (nSPS) is 18.4. The molecule has 6 heteroatoms. The molecule has 0 amide bonds. The molecule has 0 aromatic carbocycles. The van der Waals surface area contributed by atoms with Gasteiger partial charge in [0.25, 0.3) is 0 Å². The highest BCUT2D eigenvalue weighted by Crippen LogP contribution is 2.36. The first-order chi connectivity index (χ1) is 9.26. The molecule has 0 bridgehead atoms. The predicted octanol–water partition coefficient (Wildman–Crippen LogP) is 1.62. The van der Waals surface area contributed by atoms with E-state index in [1.165, 1.54) is 25.7 Å². The SMILES string of the molecule is CCCOc1nc(N)nc(N(CC2CC2)C2CC2)n1. The Hall–Kier alpha value is -1.59. The summed E-state index contributed by atoms with van der Waals surface area (Å²) in [6, 6.07) is 0.937. The third kappa shape index (κ3) is 3.24. The largest absolute Gasteiger partial charge is 0.463 e. The van der Waals surface area contributed by atoms with Crippen molar-refractivity contribution in [3.8, 4) is 6.01 Å². The van der Waals surface area contributed by atoms with Gasteiger partial charge in [0.2, 0.25) is 11.9 Å². The van der Waals surface area contributed by atoms with E-state index in [1.54, 1.807) is 0 Å². The molecule has 2 aliphatic carbocycles. The van der Waals surface area contributed by atoms with Crippen LogP contribution < -0.4 is 15.4 Å². The van der Waals surface area contributed by atoms with E-state index in [2.05, 4.69) is 26.8 Å². The number of aromatic nitrogens is 3. The average molecular weight is 263 g/mol. The van der Waals surface area contributed by atoms with Crippen molar-refractivity contribution in [3.63, 3.8) is 0 Å². The van der Waals surface area contributed by atoms with Gasteiger partial charge in [-0.15, -0.1) is 0 Å². The zero-order chi connectivity index (χ0) is 13.2. The Labute approximate surface area is 113 Å². The molecular weight excluding hydrogens is 242 g/mol. The van der Waals surface area contributed by atoms with Gasteiger partial charge in [0.15, 0.2) is 0 Å². The minimum atomic E-state index is 0.248. The van der Waals surface area contributed by atoms with Crippen LogP contribution in [-0.4, -0.2) is 34.1 Å². The summed E-state index contributed by atoms with van der Waals surface area (Å²) in [6.45, 7) is 3.70. The molecule has 0 spiro atoms. The van der Waals surface area contributed by atoms with E-state index in [1.807, 2.05) is 0 Å². The number of hydrogen-bond acceptors (Lipinski definition) is 6.